The average molecular weight is 188 g/mol. The standard InChI is InChI=1S/C9H24N2Si/c1-5-9-12(8-4,10-6-2)11-7-3/h10-11H,5-9H2,1-4H3. The van der Waals surface area contributed by atoms with Gasteiger partial charge in [0.2, 0.25) is 8.40 Å². The maximum atomic E-state index is 3.68. The molecule has 0 aliphatic heterocycles. The summed E-state index contributed by atoms with van der Waals surface area (Å²) in [7, 11) is -1.27. The van der Waals surface area contributed by atoms with Gasteiger partial charge in [-0.25, -0.2) is 0 Å². The minimum Gasteiger partial charge on any atom is -0.326 e. The van der Waals surface area contributed by atoms with E-state index in [-0.39, 0.29) is 0 Å². The third-order valence-electron chi connectivity index (χ3n) is 2.31. The molecule has 12 heavy (non-hydrogen) atoms. The zero-order valence-electron chi connectivity index (χ0n) is 9.04. The van der Waals surface area contributed by atoms with E-state index >= 15 is 0 Å². The minimum absolute atomic E-state index is 1.10. The van der Waals surface area contributed by atoms with Crippen molar-refractivity contribution in [3.63, 3.8) is 0 Å². The van der Waals surface area contributed by atoms with Crippen LogP contribution in [-0.4, -0.2) is 21.5 Å². The zero-order valence-corrected chi connectivity index (χ0v) is 10.0. The monoisotopic (exact) mass is 188 g/mol. The molecular weight excluding hydrogens is 164 g/mol. The highest BCUT2D eigenvalue weighted by Gasteiger charge is 2.28. The van der Waals surface area contributed by atoms with Crippen LogP contribution in [0.4, 0.5) is 0 Å². The van der Waals surface area contributed by atoms with Crippen LogP contribution >= 0.6 is 0 Å². The average Bonchev–Trinajstić information content (AvgIpc) is 2.06. The van der Waals surface area contributed by atoms with Gasteiger partial charge in [-0.2, -0.15) is 0 Å². The molecule has 3 heteroatoms. The summed E-state index contributed by atoms with van der Waals surface area (Å²) in [5.41, 5.74) is 0. The molecule has 0 unspecified atom stereocenters. The highest BCUT2D eigenvalue weighted by molar-refractivity contribution is 6.75. The van der Waals surface area contributed by atoms with E-state index in [1.807, 2.05) is 0 Å². The first-order valence-corrected chi connectivity index (χ1v) is 7.66. The van der Waals surface area contributed by atoms with Crippen molar-refractivity contribution < 1.29 is 0 Å². The third-order valence-corrected chi connectivity index (χ3v) is 6.93. The molecule has 0 aromatic heterocycles. The molecule has 0 rings (SSSR count). The lowest BCUT2D eigenvalue weighted by atomic mass is 10.6. The van der Waals surface area contributed by atoms with E-state index in [0.717, 1.165) is 13.1 Å². The molecule has 74 valence electrons. The van der Waals surface area contributed by atoms with Crippen LogP contribution in [0.1, 0.15) is 34.1 Å². The molecule has 0 aliphatic rings. The van der Waals surface area contributed by atoms with Crippen molar-refractivity contribution in [2.24, 2.45) is 0 Å². The van der Waals surface area contributed by atoms with Crippen molar-refractivity contribution in [2.75, 3.05) is 13.1 Å². The fraction of sp³-hybridized carbons (Fsp3) is 1.00. The summed E-state index contributed by atoms with van der Waals surface area (Å²) in [6.07, 6.45) is 1.29. The van der Waals surface area contributed by atoms with Crippen LogP contribution in [0.5, 0.6) is 0 Å². The molecule has 0 heterocycles. The summed E-state index contributed by atoms with van der Waals surface area (Å²) in [5, 5.41) is 0. The molecule has 0 spiro atoms. The van der Waals surface area contributed by atoms with E-state index in [4.69, 9.17) is 0 Å². The lowest BCUT2D eigenvalue weighted by molar-refractivity contribution is 0.806. The van der Waals surface area contributed by atoms with E-state index in [2.05, 4.69) is 37.7 Å². The lowest BCUT2D eigenvalue weighted by Crippen LogP contribution is -2.61. The van der Waals surface area contributed by atoms with Crippen molar-refractivity contribution in [3.05, 3.63) is 0 Å². The maximum Gasteiger partial charge on any atom is 0.201 e. The second-order valence-electron chi connectivity index (χ2n) is 3.25. The van der Waals surface area contributed by atoms with Crippen LogP contribution in [-0.2, 0) is 0 Å². The van der Waals surface area contributed by atoms with E-state index < -0.39 is 8.40 Å². The van der Waals surface area contributed by atoms with Crippen molar-refractivity contribution >= 4 is 8.40 Å². The van der Waals surface area contributed by atoms with E-state index in [1.165, 1.54) is 18.5 Å². The van der Waals surface area contributed by atoms with Crippen LogP contribution in [0.2, 0.25) is 12.1 Å². The van der Waals surface area contributed by atoms with Gasteiger partial charge < -0.3 is 9.96 Å². The molecule has 0 saturated heterocycles. The molecule has 0 atom stereocenters. The molecule has 0 fully saturated rings. The molecule has 0 saturated carbocycles. The first-order valence-electron chi connectivity index (χ1n) is 5.24. The molecule has 0 aliphatic carbocycles. The molecule has 0 bridgehead atoms. The molecule has 0 amide bonds. The Morgan fingerprint density at radius 1 is 0.917 bits per heavy atom. The van der Waals surface area contributed by atoms with Gasteiger partial charge in [-0.15, -0.1) is 0 Å². The molecule has 0 radical (unpaired) electrons. The summed E-state index contributed by atoms with van der Waals surface area (Å²) in [6.45, 7) is 11.2. The smallest absolute Gasteiger partial charge is 0.201 e. The van der Waals surface area contributed by atoms with Crippen LogP contribution in [0.25, 0.3) is 0 Å². The fourth-order valence-corrected chi connectivity index (χ4v) is 5.31. The van der Waals surface area contributed by atoms with Crippen molar-refractivity contribution in [2.45, 2.75) is 46.2 Å². The van der Waals surface area contributed by atoms with Crippen LogP contribution in [0, 0.1) is 0 Å². The third kappa shape index (κ3) is 3.69. The SMILES string of the molecule is CCC[Si](CC)(NCC)NCC. The maximum absolute atomic E-state index is 3.68. The second-order valence-corrected chi connectivity index (χ2v) is 7.32. The van der Waals surface area contributed by atoms with E-state index in [1.54, 1.807) is 0 Å². The normalized spacial score (nSPS) is 12.0. The Kier molecular flexibility index (Phi) is 6.71. The Hall–Kier alpha value is 0.137. The highest BCUT2D eigenvalue weighted by atomic mass is 28.3. The van der Waals surface area contributed by atoms with Crippen molar-refractivity contribution in [1.29, 1.82) is 0 Å². The quantitative estimate of drug-likeness (QED) is 0.598. The second kappa shape index (κ2) is 6.63. The summed E-state index contributed by atoms with van der Waals surface area (Å²) in [4.78, 5) is 7.35. The van der Waals surface area contributed by atoms with Crippen LogP contribution in [0.3, 0.4) is 0 Å². The number of hydrogen-bond donors (Lipinski definition) is 2. The summed E-state index contributed by atoms with van der Waals surface area (Å²) in [5.74, 6) is 0. The van der Waals surface area contributed by atoms with Crippen LogP contribution < -0.4 is 9.96 Å². The summed E-state index contributed by atoms with van der Waals surface area (Å²) < 4.78 is 0. The Bertz CT molecular complexity index is 89.7. The zero-order chi connectivity index (χ0) is 9.45. The van der Waals surface area contributed by atoms with Gasteiger partial charge in [0.05, 0.1) is 0 Å². The predicted molar refractivity (Wildman–Crippen MR) is 58.7 cm³/mol. The number of hydrogen-bond acceptors (Lipinski definition) is 2. The van der Waals surface area contributed by atoms with Gasteiger partial charge in [-0.3, -0.25) is 0 Å². The lowest BCUT2D eigenvalue weighted by Gasteiger charge is -2.31. The first-order chi connectivity index (χ1) is 5.74. The van der Waals surface area contributed by atoms with Gasteiger partial charge in [-0.1, -0.05) is 34.1 Å². The van der Waals surface area contributed by atoms with Crippen molar-refractivity contribution in [1.82, 2.24) is 9.96 Å². The van der Waals surface area contributed by atoms with Gasteiger partial charge in [0.1, 0.15) is 0 Å². The minimum atomic E-state index is -1.27. The number of nitrogens with one attached hydrogen (secondary N) is 2. The Morgan fingerprint density at radius 2 is 1.42 bits per heavy atom. The molecule has 2 N–H and O–H groups in total. The Labute approximate surface area is 78.3 Å². The Morgan fingerprint density at radius 3 is 1.67 bits per heavy atom. The summed E-state index contributed by atoms with van der Waals surface area (Å²) in [6, 6.07) is 2.65. The van der Waals surface area contributed by atoms with E-state index in [9.17, 15) is 0 Å². The van der Waals surface area contributed by atoms with Gasteiger partial charge in [-0.05, 0) is 25.2 Å². The van der Waals surface area contributed by atoms with Crippen LogP contribution in [0.15, 0.2) is 0 Å². The van der Waals surface area contributed by atoms with Gasteiger partial charge in [0.25, 0.3) is 0 Å². The molecule has 0 aromatic rings. The van der Waals surface area contributed by atoms with Gasteiger partial charge in [0, 0.05) is 0 Å². The summed E-state index contributed by atoms with van der Waals surface area (Å²) >= 11 is 0. The molecule has 2 nitrogen and oxygen atoms in total. The van der Waals surface area contributed by atoms with Gasteiger partial charge in [0.15, 0.2) is 0 Å². The van der Waals surface area contributed by atoms with Crippen molar-refractivity contribution in [3.8, 4) is 0 Å². The fourth-order valence-electron chi connectivity index (χ4n) is 1.77. The first kappa shape index (κ1) is 12.1. The Balaban J connectivity index is 4.06. The molecular formula is C9H24N2Si. The predicted octanol–water partition coefficient (Wildman–Crippen LogP) is 2.08. The number of rotatable bonds is 7. The topological polar surface area (TPSA) is 24.1 Å². The van der Waals surface area contributed by atoms with E-state index in [0.29, 0.717) is 0 Å². The highest BCUT2D eigenvalue weighted by Crippen LogP contribution is 2.10. The largest absolute Gasteiger partial charge is 0.326 e. The molecule has 0 aromatic carbocycles. The van der Waals surface area contributed by atoms with Gasteiger partial charge >= 0.3 is 0 Å².